The fourth-order valence-electron chi connectivity index (χ4n) is 2.69. The summed E-state index contributed by atoms with van der Waals surface area (Å²) >= 11 is 0. The van der Waals surface area contributed by atoms with Gasteiger partial charge in [-0.05, 0) is 45.1 Å². The van der Waals surface area contributed by atoms with Crippen molar-refractivity contribution >= 4 is 17.3 Å². The third kappa shape index (κ3) is 2.98. The first-order valence-corrected chi connectivity index (χ1v) is 6.63. The van der Waals surface area contributed by atoms with Crippen LogP contribution < -0.4 is 16.4 Å². The van der Waals surface area contributed by atoms with E-state index in [4.69, 9.17) is 11.5 Å². The summed E-state index contributed by atoms with van der Waals surface area (Å²) in [6.07, 6.45) is 1.11. The third-order valence-electron chi connectivity index (χ3n) is 3.68. The molecular weight excluding hydrogens is 240 g/mol. The van der Waals surface area contributed by atoms with E-state index in [1.807, 2.05) is 6.07 Å². The Morgan fingerprint density at radius 3 is 2.79 bits per heavy atom. The van der Waals surface area contributed by atoms with E-state index in [9.17, 15) is 4.79 Å². The highest BCUT2D eigenvalue weighted by Gasteiger charge is 2.20. The van der Waals surface area contributed by atoms with Crippen LogP contribution in [0, 0.1) is 0 Å². The van der Waals surface area contributed by atoms with E-state index in [1.54, 1.807) is 12.1 Å². The molecule has 0 radical (unpaired) electrons. The molecule has 0 saturated carbocycles. The predicted octanol–water partition coefficient (Wildman–Crippen LogP) is 0.898. The van der Waals surface area contributed by atoms with Gasteiger partial charge in [0.15, 0.2) is 0 Å². The normalized spacial score (nSPS) is 21.2. The number of anilines is 2. The molecule has 4 N–H and O–H groups in total. The monoisotopic (exact) mass is 262 g/mol. The number of hydrogen-bond acceptors (Lipinski definition) is 4. The van der Waals surface area contributed by atoms with E-state index in [1.165, 1.54) is 0 Å². The minimum Gasteiger partial charge on any atom is -0.398 e. The van der Waals surface area contributed by atoms with E-state index < -0.39 is 5.91 Å². The van der Waals surface area contributed by atoms with Crippen molar-refractivity contribution in [3.63, 3.8) is 0 Å². The van der Waals surface area contributed by atoms with Crippen LogP contribution in [-0.2, 0) is 0 Å². The van der Waals surface area contributed by atoms with Gasteiger partial charge in [-0.2, -0.15) is 0 Å². The van der Waals surface area contributed by atoms with Gasteiger partial charge in [0.1, 0.15) is 0 Å². The Bertz CT molecular complexity index is 475. The molecule has 1 amide bonds. The van der Waals surface area contributed by atoms with Crippen molar-refractivity contribution in [1.82, 2.24) is 4.90 Å². The van der Waals surface area contributed by atoms with Crippen LogP contribution >= 0.6 is 0 Å². The lowest BCUT2D eigenvalue weighted by molar-refractivity contribution is 0.100. The van der Waals surface area contributed by atoms with Gasteiger partial charge >= 0.3 is 0 Å². The highest BCUT2D eigenvalue weighted by atomic mass is 16.1. The quantitative estimate of drug-likeness (QED) is 0.776. The molecule has 1 fully saturated rings. The second-order valence-electron chi connectivity index (χ2n) is 5.29. The van der Waals surface area contributed by atoms with Crippen molar-refractivity contribution in [2.24, 2.45) is 5.73 Å². The summed E-state index contributed by atoms with van der Waals surface area (Å²) in [5, 5.41) is 0. The minimum atomic E-state index is -0.473. The number of carbonyl (C=O) groups excluding carboxylic acids is 1. The molecule has 1 unspecified atom stereocenters. The number of carbonyl (C=O) groups is 1. The number of nitrogens with zero attached hydrogens (tertiary/aromatic N) is 2. The number of rotatable bonds is 2. The molecule has 104 valence electrons. The van der Waals surface area contributed by atoms with Crippen LogP contribution in [0.5, 0.6) is 0 Å². The van der Waals surface area contributed by atoms with Gasteiger partial charge in [0.2, 0.25) is 0 Å². The summed E-state index contributed by atoms with van der Waals surface area (Å²) < 4.78 is 0. The number of nitrogens with two attached hydrogens (primary N) is 2. The molecule has 0 bridgehead atoms. The molecule has 2 rings (SSSR count). The summed E-state index contributed by atoms with van der Waals surface area (Å²) in [5.74, 6) is -0.473. The standard InChI is InChI=1S/C14H22N4O/c1-10-9-17(2)6-3-7-18(10)11-4-5-13(15)12(8-11)14(16)19/h4-5,8,10H,3,6-7,9,15H2,1-2H3,(H2,16,19). The molecule has 1 aliphatic heterocycles. The van der Waals surface area contributed by atoms with Gasteiger partial charge in [-0.3, -0.25) is 4.79 Å². The zero-order chi connectivity index (χ0) is 14.0. The van der Waals surface area contributed by atoms with Gasteiger partial charge in [-0.25, -0.2) is 0 Å². The fraction of sp³-hybridized carbons (Fsp3) is 0.500. The first-order chi connectivity index (χ1) is 8.99. The lowest BCUT2D eigenvalue weighted by Gasteiger charge is -2.30. The Hall–Kier alpha value is -1.75. The van der Waals surface area contributed by atoms with Crippen LogP contribution in [0.15, 0.2) is 18.2 Å². The average Bonchev–Trinajstić information content (AvgIpc) is 2.50. The maximum absolute atomic E-state index is 11.4. The Kier molecular flexibility index (Phi) is 3.95. The molecule has 1 aliphatic rings. The van der Waals surface area contributed by atoms with E-state index in [-0.39, 0.29) is 0 Å². The number of amides is 1. The van der Waals surface area contributed by atoms with Crippen LogP contribution in [0.4, 0.5) is 11.4 Å². The molecule has 0 aliphatic carbocycles. The van der Waals surface area contributed by atoms with Gasteiger partial charge in [-0.1, -0.05) is 0 Å². The molecule has 0 aromatic heterocycles. The predicted molar refractivity (Wildman–Crippen MR) is 78.3 cm³/mol. The van der Waals surface area contributed by atoms with Gasteiger partial charge in [-0.15, -0.1) is 0 Å². The summed E-state index contributed by atoms with van der Waals surface area (Å²) in [5.41, 5.74) is 13.0. The molecule has 0 spiro atoms. The van der Waals surface area contributed by atoms with Gasteiger partial charge < -0.3 is 21.3 Å². The lowest BCUT2D eigenvalue weighted by atomic mass is 10.1. The average molecular weight is 262 g/mol. The number of nitrogen functional groups attached to an aromatic ring is 1. The van der Waals surface area contributed by atoms with Crippen LogP contribution in [0.3, 0.4) is 0 Å². The largest absolute Gasteiger partial charge is 0.398 e. The molecule has 1 aromatic rings. The maximum Gasteiger partial charge on any atom is 0.250 e. The molecule has 1 saturated heterocycles. The van der Waals surface area contributed by atoms with E-state index in [0.717, 1.165) is 31.7 Å². The molecule has 19 heavy (non-hydrogen) atoms. The topological polar surface area (TPSA) is 75.6 Å². The Labute approximate surface area is 114 Å². The van der Waals surface area contributed by atoms with Crippen molar-refractivity contribution in [3.8, 4) is 0 Å². The van der Waals surface area contributed by atoms with Crippen LogP contribution in [-0.4, -0.2) is 43.5 Å². The molecule has 5 nitrogen and oxygen atoms in total. The second kappa shape index (κ2) is 5.48. The zero-order valence-corrected chi connectivity index (χ0v) is 11.6. The number of likely N-dealkylation sites (N-methyl/N-ethyl adjacent to an activating group) is 1. The second-order valence-corrected chi connectivity index (χ2v) is 5.29. The summed E-state index contributed by atoms with van der Waals surface area (Å²) in [7, 11) is 2.14. The Morgan fingerprint density at radius 1 is 1.37 bits per heavy atom. The van der Waals surface area contributed by atoms with Gasteiger partial charge in [0.05, 0.1) is 5.56 Å². The third-order valence-corrected chi connectivity index (χ3v) is 3.68. The molecule has 1 heterocycles. The molecule has 1 atom stereocenters. The highest BCUT2D eigenvalue weighted by molar-refractivity contribution is 5.99. The number of hydrogen-bond donors (Lipinski definition) is 2. The molecule has 5 heteroatoms. The van der Waals surface area contributed by atoms with E-state index >= 15 is 0 Å². The Balaban J connectivity index is 2.30. The van der Waals surface area contributed by atoms with Crippen molar-refractivity contribution in [2.45, 2.75) is 19.4 Å². The highest BCUT2D eigenvalue weighted by Crippen LogP contribution is 2.24. The fourth-order valence-corrected chi connectivity index (χ4v) is 2.69. The van der Waals surface area contributed by atoms with Crippen LogP contribution in [0.25, 0.3) is 0 Å². The summed E-state index contributed by atoms with van der Waals surface area (Å²) in [6, 6.07) is 5.93. The van der Waals surface area contributed by atoms with Crippen molar-refractivity contribution in [1.29, 1.82) is 0 Å². The van der Waals surface area contributed by atoms with Gasteiger partial charge in [0.25, 0.3) is 5.91 Å². The smallest absolute Gasteiger partial charge is 0.250 e. The number of benzene rings is 1. The zero-order valence-electron chi connectivity index (χ0n) is 11.6. The minimum absolute atomic E-state index is 0.400. The van der Waals surface area contributed by atoms with Gasteiger partial charge in [0, 0.05) is 30.5 Å². The van der Waals surface area contributed by atoms with Crippen molar-refractivity contribution in [2.75, 3.05) is 37.3 Å². The van der Waals surface area contributed by atoms with Crippen molar-refractivity contribution in [3.05, 3.63) is 23.8 Å². The Morgan fingerprint density at radius 2 is 2.11 bits per heavy atom. The summed E-state index contributed by atoms with van der Waals surface area (Å²) in [4.78, 5) is 16.0. The first kappa shape index (κ1) is 13.7. The summed E-state index contributed by atoms with van der Waals surface area (Å²) in [6.45, 7) is 5.28. The molecular formula is C14H22N4O. The number of primary amides is 1. The van der Waals surface area contributed by atoms with Crippen LogP contribution in [0.2, 0.25) is 0 Å². The van der Waals surface area contributed by atoms with Crippen LogP contribution in [0.1, 0.15) is 23.7 Å². The lowest BCUT2D eigenvalue weighted by Crippen LogP contribution is -2.38. The SMILES string of the molecule is CC1CN(C)CCCN1c1ccc(N)c(C(N)=O)c1. The van der Waals surface area contributed by atoms with E-state index in [0.29, 0.717) is 17.3 Å². The first-order valence-electron chi connectivity index (χ1n) is 6.63. The van der Waals surface area contributed by atoms with E-state index in [2.05, 4.69) is 23.8 Å². The van der Waals surface area contributed by atoms with Crippen molar-refractivity contribution < 1.29 is 4.79 Å². The molecule has 1 aromatic carbocycles. The maximum atomic E-state index is 11.4.